The van der Waals surface area contributed by atoms with Gasteiger partial charge in [0, 0.05) is 31.5 Å². The number of aromatic nitrogens is 1. The number of carbonyl (C=O) groups excluding carboxylic acids is 1. The lowest BCUT2D eigenvalue weighted by Gasteiger charge is -2.24. The van der Waals surface area contributed by atoms with Crippen LogP contribution in [0.3, 0.4) is 0 Å². The van der Waals surface area contributed by atoms with Crippen molar-refractivity contribution in [1.82, 2.24) is 9.88 Å². The maximum Gasteiger partial charge on any atom is 0.254 e. The van der Waals surface area contributed by atoms with E-state index in [1.165, 1.54) is 0 Å². The Bertz CT molecular complexity index is 412. The summed E-state index contributed by atoms with van der Waals surface area (Å²) in [5.74, 6) is 0.753. The average Bonchev–Trinajstić information content (AvgIpc) is 2.32. The van der Waals surface area contributed by atoms with Crippen LogP contribution in [-0.4, -0.2) is 42.6 Å². The van der Waals surface area contributed by atoms with Gasteiger partial charge in [0.2, 0.25) is 0 Å². The van der Waals surface area contributed by atoms with Gasteiger partial charge in [0.1, 0.15) is 5.82 Å². The second kappa shape index (κ2) is 7.09. The Morgan fingerprint density at radius 1 is 1.47 bits per heavy atom. The fourth-order valence-corrected chi connectivity index (χ4v) is 1.92. The van der Waals surface area contributed by atoms with Crippen LogP contribution in [0.1, 0.15) is 29.9 Å². The highest BCUT2D eigenvalue weighted by Gasteiger charge is 2.17. The van der Waals surface area contributed by atoms with Crippen molar-refractivity contribution in [2.75, 3.05) is 32.5 Å². The van der Waals surface area contributed by atoms with Crippen molar-refractivity contribution in [3.8, 4) is 0 Å². The highest BCUT2D eigenvalue weighted by molar-refractivity contribution is 5.95. The molecule has 0 aliphatic rings. The van der Waals surface area contributed by atoms with E-state index in [0.717, 1.165) is 5.69 Å². The zero-order valence-corrected chi connectivity index (χ0v) is 12.1. The van der Waals surface area contributed by atoms with Gasteiger partial charge in [-0.15, -0.1) is 0 Å². The molecule has 1 amide bonds. The predicted molar refractivity (Wildman–Crippen MR) is 76.0 cm³/mol. The fourth-order valence-electron chi connectivity index (χ4n) is 1.92. The van der Waals surface area contributed by atoms with Gasteiger partial charge in [-0.1, -0.05) is 13.8 Å². The van der Waals surface area contributed by atoms with Crippen molar-refractivity contribution < 1.29 is 9.53 Å². The van der Waals surface area contributed by atoms with Gasteiger partial charge in [-0.25, -0.2) is 4.98 Å². The molecule has 0 fully saturated rings. The molecule has 1 rings (SSSR count). The van der Waals surface area contributed by atoms with Crippen molar-refractivity contribution in [2.45, 2.75) is 20.8 Å². The Morgan fingerprint density at radius 3 is 2.68 bits per heavy atom. The minimum atomic E-state index is -0.0250. The quantitative estimate of drug-likeness (QED) is 0.850. The smallest absolute Gasteiger partial charge is 0.254 e. The van der Waals surface area contributed by atoms with E-state index in [2.05, 4.69) is 18.8 Å². The number of nitrogens with zero attached hydrogens (tertiary/aromatic N) is 2. The molecule has 19 heavy (non-hydrogen) atoms. The first kappa shape index (κ1) is 15.4. The largest absolute Gasteiger partial charge is 0.384 e. The molecule has 0 aromatic carbocycles. The van der Waals surface area contributed by atoms with Crippen LogP contribution in [0, 0.1) is 12.8 Å². The number of hydrogen-bond donors (Lipinski definition) is 1. The number of ether oxygens (including phenoxy) is 1. The highest BCUT2D eigenvalue weighted by Crippen LogP contribution is 2.11. The minimum Gasteiger partial charge on any atom is -0.384 e. The van der Waals surface area contributed by atoms with E-state index in [1.807, 2.05) is 6.92 Å². The van der Waals surface area contributed by atoms with Gasteiger partial charge in [-0.3, -0.25) is 4.79 Å². The summed E-state index contributed by atoms with van der Waals surface area (Å²) in [6, 6.07) is 3.38. The molecular formula is C14H23N3O2. The van der Waals surface area contributed by atoms with E-state index in [0.29, 0.717) is 37.0 Å². The molecule has 1 aromatic heterocycles. The van der Waals surface area contributed by atoms with Crippen LogP contribution in [0.15, 0.2) is 12.1 Å². The third-order valence-corrected chi connectivity index (χ3v) is 2.66. The number of nitrogen functional groups attached to an aromatic ring is 1. The molecule has 5 heteroatoms. The summed E-state index contributed by atoms with van der Waals surface area (Å²) in [6.07, 6.45) is 0. The molecule has 0 radical (unpaired) electrons. The summed E-state index contributed by atoms with van der Waals surface area (Å²) in [5, 5.41) is 0. The van der Waals surface area contributed by atoms with Crippen LogP contribution in [0.5, 0.6) is 0 Å². The molecule has 1 heterocycles. The molecule has 0 unspecified atom stereocenters. The Morgan fingerprint density at radius 2 is 2.16 bits per heavy atom. The number of pyridine rings is 1. The molecule has 0 aliphatic heterocycles. The van der Waals surface area contributed by atoms with Gasteiger partial charge in [0.25, 0.3) is 5.91 Å². The van der Waals surface area contributed by atoms with Crippen LogP contribution in [-0.2, 0) is 4.74 Å². The number of carbonyl (C=O) groups is 1. The number of aryl methyl sites for hydroxylation is 1. The van der Waals surface area contributed by atoms with E-state index in [1.54, 1.807) is 24.1 Å². The Labute approximate surface area is 114 Å². The van der Waals surface area contributed by atoms with Crippen LogP contribution in [0.2, 0.25) is 0 Å². The molecule has 2 N–H and O–H groups in total. The van der Waals surface area contributed by atoms with Crippen molar-refractivity contribution in [3.63, 3.8) is 0 Å². The zero-order valence-electron chi connectivity index (χ0n) is 12.1. The Hall–Kier alpha value is -1.62. The number of hydrogen-bond acceptors (Lipinski definition) is 4. The van der Waals surface area contributed by atoms with Crippen LogP contribution in [0.4, 0.5) is 5.82 Å². The SMILES string of the molecule is COCCN(CC(C)C)C(=O)c1cc(C)nc(N)c1. The second-order valence-electron chi connectivity index (χ2n) is 5.06. The number of methoxy groups -OCH3 is 1. The standard InChI is InChI=1S/C14H23N3O2/c1-10(2)9-17(5-6-19-4)14(18)12-7-11(3)16-13(15)8-12/h7-8,10H,5-6,9H2,1-4H3,(H2,15,16). The zero-order chi connectivity index (χ0) is 14.4. The predicted octanol–water partition coefficient (Wildman–Crippen LogP) is 1.72. The number of rotatable bonds is 6. The first-order valence-corrected chi connectivity index (χ1v) is 6.46. The third-order valence-electron chi connectivity index (χ3n) is 2.66. The van der Waals surface area contributed by atoms with Crippen LogP contribution >= 0.6 is 0 Å². The van der Waals surface area contributed by atoms with Gasteiger partial charge < -0.3 is 15.4 Å². The third kappa shape index (κ3) is 4.87. The summed E-state index contributed by atoms with van der Waals surface area (Å²) in [4.78, 5) is 18.4. The Balaban J connectivity index is 2.90. The molecule has 0 spiro atoms. The normalized spacial score (nSPS) is 10.8. The minimum absolute atomic E-state index is 0.0250. The lowest BCUT2D eigenvalue weighted by atomic mass is 10.1. The molecule has 0 bridgehead atoms. The van der Waals surface area contributed by atoms with Gasteiger partial charge in [0.05, 0.1) is 6.61 Å². The number of amides is 1. The lowest BCUT2D eigenvalue weighted by Crippen LogP contribution is -2.36. The summed E-state index contributed by atoms with van der Waals surface area (Å²) < 4.78 is 5.06. The first-order chi connectivity index (χ1) is 8.93. The summed E-state index contributed by atoms with van der Waals surface area (Å²) in [5.41, 5.74) is 7.03. The van der Waals surface area contributed by atoms with Gasteiger partial charge in [-0.05, 0) is 25.0 Å². The monoisotopic (exact) mass is 265 g/mol. The number of anilines is 1. The number of nitrogens with two attached hydrogens (primary N) is 1. The molecule has 5 nitrogen and oxygen atoms in total. The first-order valence-electron chi connectivity index (χ1n) is 6.46. The van der Waals surface area contributed by atoms with E-state index in [9.17, 15) is 4.79 Å². The van der Waals surface area contributed by atoms with Crippen molar-refractivity contribution in [3.05, 3.63) is 23.4 Å². The average molecular weight is 265 g/mol. The molecule has 0 saturated heterocycles. The van der Waals surface area contributed by atoms with Gasteiger partial charge >= 0.3 is 0 Å². The van der Waals surface area contributed by atoms with E-state index in [4.69, 9.17) is 10.5 Å². The molecule has 0 saturated carbocycles. The second-order valence-corrected chi connectivity index (χ2v) is 5.06. The summed E-state index contributed by atoms with van der Waals surface area (Å²) in [7, 11) is 1.63. The molecular weight excluding hydrogens is 242 g/mol. The summed E-state index contributed by atoms with van der Waals surface area (Å²) >= 11 is 0. The maximum absolute atomic E-state index is 12.5. The van der Waals surface area contributed by atoms with Gasteiger partial charge in [0.15, 0.2) is 0 Å². The van der Waals surface area contributed by atoms with E-state index in [-0.39, 0.29) is 5.91 Å². The van der Waals surface area contributed by atoms with Crippen molar-refractivity contribution in [1.29, 1.82) is 0 Å². The lowest BCUT2D eigenvalue weighted by molar-refractivity contribution is 0.0672. The maximum atomic E-state index is 12.5. The van der Waals surface area contributed by atoms with E-state index < -0.39 is 0 Å². The molecule has 0 aliphatic carbocycles. The Kier molecular flexibility index (Phi) is 5.76. The molecule has 1 aromatic rings. The van der Waals surface area contributed by atoms with Crippen LogP contribution < -0.4 is 5.73 Å². The molecule has 0 atom stereocenters. The topological polar surface area (TPSA) is 68.5 Å². The highest BCUT2D eigenvalue weighted by atomic mass is 16.5. The molecule has 106 valence electrons. The van der Waals surface area contributed by atoms with Crippen molar-refractivity contribution >= 4 is 11.7 Å². The summed E-state index contributed by atoms with van der Waals surface area (Å²) in [6.45, 7) is 7.80. The van der Waals surface area contributed by atoms with Gasteiger partial charge in [-0.2, -0.15) is 0 Å². The van der Waals surface area contributed by atoms with E-state index >= 15 is 0 Å². The van der Waals surface area contributed by atoms with Crippen molar-refractivity contribution in [2.24, 2.45) is 5.92 Å². The van der Waals surface area contributed by atoms with Crippen LogP contribution in [0.25, 0.3) is 0 Å². The fraction of sp³-hybridized carbons (Fsp3) is 0.571.